The normalized spacial score (nSPS) is 15.3. The molecule has 7 nitrogen and oxygen atoms in total. The van der Waals surface area contributed by atoms with Crippen LogP contribution in [0.4, 0.5) is 5.69 Å². The number of amides is 2. The Labute approximate surface area is 200 Å². The van der Waals surface area contributed by atoms with E-state index in [-0.39, 0.29) is 29.8 Å². The minimum atomic E-state index is -0.596. The van der Waals surface area contributed by atoms with E-state index in [9.17, 15) is 14.4 Å². The number of benzene rings is 2. The van der Waals surface area contributed by atoms with Gasteiger partial charge in [0.05, 0.1) is 12.3 Å². The van der Waals surface area contributed by atoms with Crippen LogP contribution in [-0.4, -0.2) is 34.1 Å². The van der Waals surface area contributed by atoms with E-state index in [1.165, 1.54) is 11.0 Å². The number of hydrogen-bond acceptors (Lipinski definition) is 5. The number of para-hydroxylation sites is 1. The summed E-state index contributed by atoms with van der Waals surface area (Å²) in [5.74, 6) is -1.54. The van der Waals surface area contributed by atoms with Gasteiger partial charge in [-0.2, -0.15) is 0 Å². The van der Waals surface area contributed by atoms with E-state index in [0.717, 1.165) is 16.5 Å². The van der Waals surface area contributed by atoms with Gasteiger partial charge in [0.25, 0.3) is 11.8 Å². The van der Waals surface area contributed by atoms with Crippen LogP contribution < -0.4 is 10.2 Å². The molecule has 0 unspecified atom stereocenters. The van der Waals surface area contributed by atoms with Crippen LogP contribution in [0.1, 0.15) is 18.1 Å². The first-order valence-electron chi connectivity index (χ1n) is 10.2. The fourth-order valence-electron chi connectivity index (χ4n) is 3.64. The Bertz CT molecular complexity index is 1340. The Balaban J connectivity index is 1.77. The van der Waals surface area contributed by atoms with Crippen molar-refractivity contribution in [3.63, 3.8) is 0 Å². The van der Waals surface area contributed by atoms with Crippen molar-refractivity contribution in [2.45, 2.75) is 20.4 Å². The first-order chi connectivity index (χ1) is 15.8. The number of fused-ring (bicyclic) bond motifs is 1. The zero-order chi connectivity index (χ0) is 23.7. The monoisotopic (exact) mass is 481 g/mol. The molecule has 2 aromatic carbocycles. The molecule has 0 atom stereocenters. The largest absolute Gasteiger partial charge is 0.465 e. The van der Waals surface area contributed by atoms with Gasteiger partial charge in [-0.25, -0.2) is 0 Å². The summed E-state index contributed by atoms with van der Waals surface area (Å²) >= 11 is 11.5. The van der Waals surface area contributed by atoms with Crippen molar-refractivity contribution in [2.75, 3.05) is 11.5 Å². The lowest BCUT2D eigenvalue weighted by Crippen LogP contribution is -2.54. The molecule has 1 fully saturated rings. The molecular formula is C24H20ClN3O4S. The average molecular weight is 482 g/mol. The quantitative estimate of drug-likeness (QED) is 0.258. The van der Waals surface area contributed by atoms with Gasteiger partial charge in [-0.05, 0) is 55.9 Å². The van der Waals surface area contributed by atoms with Gasteiger partial charge in [-0.15, -0.1) is 0 Å². The van der Waals surface area contributed by atoms with E-state index in [0.29, 0.717) is 16.3 Å². The molecule has 1 aliphatic rings. The predicted octanol–water partition coefficient (Wildman–Crippen LogP) is 4.00. The fraction of sp³-hybridized carbons (Fsp3) is 0.167. The summed E-state index contributed by atoms with van der Waals surface area (Å²) in [7, 11) is 0. The Morgan fingerprint density at radius 2 is 1.97 bits per heavy atom. The second-order valence-electron chi connectivity index (χ2n) is 7.43. The summed E-state index contributed by atoms with van der Waals surface area (Å²) in [6, 6.07) is 12.5. The molecular weight excluding hydrogens is 462 g/mol. The second-order valence-corrected chi connectivity index (χ2v) is 8.22. The number of halogens is 1. The summed E-state index contributed by atoms with van der Waals surface area (Å²) in [6.45, 7) is 3.88. The van der Waals surface area contributed by atoms with E-state index in [1.807, 2.05) is 31.2 Å². The number of thiocarbonyl (C=S) groups is 1. The number of nitrogens with one attached hydrogen (secondary N) is 1. The van der Waals surface area contributed by atoms with E-state index >= 15 is 0 Å². The Morgan fingerprint density at radius 3 is 2.70 bits per heavy atom. The van der Waals surface area contributed by atoms with Crippen LogP contribution in [0.3, 0.4) is 0 Å². The molecule has 168 valence electrons. The molecule has 4 rings (SSSR count). The third kappa shape index (κ3) is 4.40. The number of anilines is 1. The SMILES string of the molecule is CCOC(=O)Cn1cc(/C=C2\C(=O)NC(=S)N(c3ccc(C)c(Cl)c3)C2=O)c2ccccc21. The van der Waals surface area contributed by atoms with Crippen LogP contribution in [0.15, 0.2) is 54.2 Å². The predicted molar refractivity (Wildman–Crippen MR) is 131 cm³/mol. The molecule has 2 amide bonds. The first-order valence-corrected chi connectivity index (χ1v) is 11.0. The summed E-state index contributed by atoms with van der Waals surface area (Å²) < 4.78 is 6.78. The second kappa shape index (κ2) is 9.17. The standard InChI is InChI=1S/C24H20ClN3O4S/c1-3-32-21(29)13-27-12-15(17-6-4-5-7-20(17)27)10-18-22(30)26-24(33)28(23(18)31)16-9-8-14(2)19(25)11-16/h4-12H,3,13H2,1-2H3,(H,26,30,33)/b18-10+. The maximum absolute atomic E-state index is 13.3. The van der Waals surface area contributed by atoms with Crippen molar-refractivity contribution >= 4 is 69.4 Å². The molecule has 0 aliphatic carbocycles. The van der Waals surface area contributed by atoms with E-state index in [2.05, 4.69) is 5.32 Å². The molecule has 33 heavy (non-hydrogen) atoms. The van der Waals surface area contributed by atoms with Crippen molar-refractivity contribution in [2.24, 2.45) is 0 Å². The maximum atomic E-state index is 13.3. The Hall–Kier alpha value is -3.49. The van der Waals surface area contributed by atoms with Gasteiger partial charge in [0.15, 0.2) is 5.11 Å². The lowest BCUT2D eigenvalue weighted by atomic mass is 10.1. The van der Waals surface area contributed by atoms with Crippen LogP contribution in [0, 0.1) is 6.92 Å². The van der Waals surface area contributed by atoms with Crippen molar-refractivity contribution < 1.29 is 19.1 Å². The highest BCUT2D eigenvalue weighted by molar-refractivity contribution is 7.80. The summed E-state index contributed by atoms with van der Waals surface area (Å²) in [6.07, 6.45) is 3.22. The van der Waals surface area contributed by atoms with Gasteiger partial charge in [0.2, 0.25) is 0 Å². The molecule has 2 heterocycles. The summed E-state index contributed by atoms with van der Waals surface area (Å²) in [5.41, 5.74) is 2.61. The molecule has 1 aromatic heterocycles. The van der Waals surface area contributed by atoms with Gasteiger partial charge >= 0.3 is 5.97 Å². The zero-order valence-electron chi connectivity index (χ0n) is 17.9. The minimum absolute atomic E-state index is 0.00967. The van der Waals surface area contributed by atoms with Crippen LogP contribution in [-0.2, 0) is 25.7 Å². The first kappa shape index (κ1) is 22.7. The van der Waals surface area contributed by atoms with Crippen LogP contribution in [0.2, 0.25) is 5.02 Å². The van der Waals surface area contributed by atoms with Crippen molar-refractivity contribution in [3.05, 3.63) is 70.4 Å². The highest BCUT2D eigenvalue weighted by Gasteiger charge is 2.35. The minimum Gasteiger partial charge on any atom is -0.465 e. The van der Waals surface area contributed by atoms with E-state index < -0.39 is 11.8 Å². The smallest absolute Gasteiger partial charge is 0.325 e. The van der Waals surface area contributed by atoms with Gasteiger partial charge in [-0.3, -0.25) is 24.6 Å². The van der Waals surface area contributed by atoms with Crippen molar-refractivity contribution in [3.8, 4) is 0 Å². The third-order valence-electron chi connectivity index (χ3n) is 5.24. The maximum Gasteiger partial charge on any atom is 0.325 e. The number of nitrogens with zero attached hydrogens (tertiary/aromatic N) is 2. The zero-order valence-corrected chi connectivity index (χ0v) is 19.5. The fourth-order valence-corrected chi connectivity index (χ4v) is 4.09. The number of hydrogen-bond donors (Lipinski definition) is 1. The number of aryl methyl sites for hydroxylation is 1. The Kier molecular flexibility index (Phi) is 6.31. The highest BCUT2D eigenvalue weighted by Crippen LogP contribution is 2.28. The molecule has 0 radical (unpaired) electrons. The van der Waals surface area contributed by atoms with E-state index in [1.54, 1.807) is 35.9 Å². The number of carbonyl (C=O) groups is 3. The molecule has 0 bridgehead atoms. The molecule has 0 saturated carbocycles. The third-order valence-corrected chi connectivity index (χ3v) is 5.93. The van der Waals surface area contributed by atoms with Gasteiger partial charge in [0.1, 0.15) is 12.1 Å². The molecule has 0 spiro atoms. The topological polar surface area (TPSA) is 80.6 Å². The highest BCUT2D eigenvalue weighted by atomic mass is 35.5. The van der Waals surface area contributed by atoms with Crippen LogP contribution in [0.5, 0.6) is 0 Å². The lowest BCUT2D eigenvalue weighted by Gasteiger charge is -2.29. The van der Waals surface area contributed by atoms with Gasteiger partial charge in [0, 0.05) is 27.7 Å². The molecule has 1 N–H and O–H groups in total. The lowest BCUT2D eigenvalue weighted by molar-refractivity contribution is -0.143. The van der Waals surface area contributed by atoms with Crippen molar-refractivity contribution in [1.29, 1.82) is 0 Å². The van der Waals surface area contributed by atoms with Crippen LogP contribution >= 0.6 is 23.8 Å². The molecule has 1 aliphatic heterocycles. The van der Waals surface area contributed by atoms with E-state index in [4.69, 9.17) is 28.6 Å². The van der Waals surface area contributed by atoms with Crippen LogP contribution in [0.25, 0.3) is 17.0 Å². The number of carbonyl (C=O) groups excluding carboxylic acids is 3. The number of rotatable bonds is 5. The van der Waals surface area contributed by atoms with Gasteiger partial charge in [-0.1, -0.05) is 35.9 Å². The average Bonchev–Trinajstić information content (AvgIpc) is 3.11. The summed E-state index contributed by atoms with van der Waals surface area (Å²) in [4.78, 5) is 39.3. The molecule has 1 saturated heterocycles. The van der Waals surface area contributed by atoms with Gasteiger partial charge < -0.3 is 9.30 Å². The summed E-state index contributed by atoms with van der Waals surface area (Å²) in [5, 5.41) is 3.81. The van der Waals surface area contributed by atoms with Crippen molar-refractivity contribution in [1.82, 2.24) is 9.88 Å². The molecule has 3 aromatic rings. The number of ether oxygens (including phenoxy) is 1. The number of esters is 1. The number of aromatic nitrogens is 1. The molecule has 9 heteroatoms. The Morgan fingerprint density at radius 1 is 1.21 bits per heavy atom.